The summed E-state index contributed by atoms with van der Waals surface area (Å²) < 4.78 is 0. The summed E-state index contributed by atoms with van der Waals surface area (Å²) in [5.41, 5.74) is 0.0985. The van der Waals surface area contributed by atoms with Gasteiger partial charge in [0.05, 0.1) is 18.8 Å². The van der Waals surface area contributed by atoms with Gasteiger partial charge < -0.3 is 20.8 Å². The molecule has 0 saturated carbocycles. The van der Waals surface area contributed by atoms with E-state index in [4.69, 9.17) is 0 Å². The lowest BCUT2D eigenvalue weighted by Crippen LogP contribution is -2.43. The Hall–Kier alpha value is -1.40. The van der Waals surface area contributed by atoms with Crippen molar-refractivity contribution in [1.82, 2.24) is 9.97 Å². The molecule has 0 radical (unpaired) electrons. The molecular weight excluding hydrogens is 268 g/mol. The van der Waals surface area contributed by atoms with Crippen molar-refractivity contribution < 1.29 is 10.2 Å². The van der Waals surface area contributed by atoms with Crippen LogP contribution in [0.15, 0.2) is 0 Å². The van der Waals surface area contributed by atoms with E-state index in [0.717, 1.165) is 43.0 Å². The second kappa shape index (κ2) is 8.14. The topological polar surface area (TPSA) is 90.3 Å². The number of hydrogen-bond donors (Lipinski definition) is 4. The SMILES string of the molecule is CCCNc1nc(CCC)nc(NC(C)(CO)CO)c1C. The lowest BCUT2D eigenvalue weighted by molar-refractivity contribution is 0.147. The highest BCUT2D eigenvalue weighted by Gasteiger charge is 2.24. The largest absolute Gasteiger partial charge is 0.394 e. The lowest BCUT2D eigenvalue weighted by Gasteiger charge is -2.28. The molecule has 0 aliphatic heterocycles. The minimum Gasteiger partial charge on any atom is -0.394 e. The lowest BCUT2D eigenvalue weighted by atomic mass is 10.1. The Bertz CT molecular complexity index is 448. The zero-order chi connectivity index (χ0) is 15.9. The van der Waals surface area contributed by atoms with E-state index in [9.17, 15) is 10.2 Å². The van der Waals surface area contributed by atoms with E-state index in [1.807, 2.05) is 6.92 Å². The minimum atomic E-state index is -0.801. The molecule has 0 aliphatic carbocycles. The van der Waals surface area contributed by atoms with Gasteiger partial charge in [-0.15, -0.1) is 0 Å². The number of aromatic nitrogens is 2. The molecule has 0 spiro atoms. The Balaban J connectivity index is 3.13. The van der Waals surface area contributed by atoms with Crippen LogP contribution in [0, 0.1) is 6.92 Å². The molecule has 1 rings (SSSR count). The molecule has 0 unspecified atom stereocenters. The number of nitrogens with zero attached hydrogens (tertiary/aromatic N) is 2. The summed E-state index contributed by atoms with van der Waals surface area (Å²) in [7, 11) is 0. The van der Waals surface area contributed by atoms with E-state index in [2.05, 4.69) is 34.4 Å². The van der Waals surface area contributed by atoms with Crippen molar-refractivity contribution in [2.75, 3.05) is 30.4 Å². The monoisotopic (exact) mass is 296 g/mol. The molecule has 0 saturated heterocycles. The van der Waals surface area contributed by atoms with Crippen LogP contribution >= 0.6 is 0 Å². The Morgan fingerprint density at radius 1 is 1.05 bits per heavy atom. The average Bonchev–Trinajstić information content (AvgIpc) is 2.49. The molecule has 0 aliphatic rings. The minimum absolute atomic E-state index is 0.173. The highest BCUT2D eigenvalue weighted by molar-refractivity contribution is 5.58. The van der Waals surface area contributed by atoms with E-state index >= 15 is 0 Å². The van der Waals surface area contributed by atoms with E-state index < -0.39 is 5.54 Å². The van der Waals surface area contributed by atoms with Crippen LogP contribution in [-0.4, -0.2) is 45.5 Å². The van der Waals surface area contributed by atoms with Crippen LogP contribution in [0.1, 0.15) is 45.0 Å². The molecule has 0 fully saturated rings. The van der Waals surface area contributed by atoms with Crippen LogP contribution < -0.4 is 10.6 Å². The highest BCUT2D eigenvalue weighted by Crippen LogP contribution is 2.23. The molecule has 1 aromatic rings. The quantitative estimate of drug-likeness (QED) is 0.555. The van der Waals surface area contributed by atoms with Gasteiger partial charge in [-0.2, -0.15) is 0 Å². The molecule has 0 aromatic carbocycles. The summed E-state index contributed by atoms with van der Waals surface area (Å²) >= 11 is 0. The van der Waals surface area contributed by atoms with Crippen molar-refractivity contribution >= 4 is 11.6 Å². The third-order valence-electron chi connectivity index (χ3n) is 3.33. The van der Waals surface area contributed by atoms with Crippen LogP contribution in [0.2, 0.25) is 0 Å². The van der Waals surface area contributed by atoms with Crippen molar-refractivity contribution in [2.45, 2.75) is 52.5 Å². The standard InChI is InChI=1S/C15H28N4O2/c1-5-7-12-17-13(16-8-6-2)11(3)14(18-12)19-15(4,9-20)10-21/h20-21H,5-10H2,1-4H3,(H2,16,17,18,19). The molecule has 6 heteroatoms. The summed E-state index contributed by atoms with van der Waals surface area (Å²) in [5.74, 6) is 2.25. The number of aryl methyl sites for hydroxylation is 1. The number of rotatable bonds is 9. The maximum absolute atomic E-state index is 9.44. The first-order valence-corrected chi connectivity index (χ1v) is 7.61. The van der Waals surface area contributed by atoms with Crippen LogP contribution in [0.25, 0.3) is 0 Å². The van der Waals surface area contributed by atoms with E-state index in [-0.39, 0.29) is 13.2 Å². The van der Waals surface area contributed by atoms with Crippen molar-refractivity contribution in [3.05, 3.63) is 11.4 Å². The first-order valence-electron chi connectivity index (χ1n) is 7.61. The Morgan fingerprint density at radius 3 is 2.19 bits per heavy atom. The van der Waals surface area contributed by atoms with Gasteiger partial charge >= 0.3 is 0 Å². The first-order chi connectivity index (χ1) is 9.99. The fourth-order valence-electron chi connectivity index (χ4n) is 1.85. The van der Waals surface area contributed by atoms with E-state index in [1.54, 1.807) is 6.92 Å². The number of aliphatic hydroxyl groups is 2. The summed E-state index contributed by atoms with van der Waals surface area (Å²) in [6, 6.07) is 0. The maximum atomic E-state index is 9.44. The first kappa shape index (κ1) is 17.7. The van der Waals surface area contributed by atoms with E-state index in [1.165, 1.54) is 0 Å². The Morgan fingerprint density at radius 2 is 1.67 bits per heavy atom. The second-order valence-electron chi connectivity index (χ2n) is 5.64. The number of anilines is 2. The summed E-state index contributed by atoms with van der Waals surface area (Å²) in [6.45, 7) is 8.38. The molecule has 21 heavy (non-hydrogen) atoms. The molecule has 0 amide bonds. The van der Waals surface area contributed by atoms with Gasteiger partial charge in [-0.05, 0) is 26.7 Å². The van der Waals surface area contributed by atoms with Gasteiger partial charge in [0.1, 0.15) is 17.5 Å². The molecule has 6 nitrogen and oxygen atoms in total. The molecule has 0 atom stereocenters. The molecular formula is C15H28N4O2. The number of nitrogens with one attached hydrogen (secondary N) is 2. The fourth-order valence-corrected chi connectivity index (χ4v) is 1.85. The third kappa shape index (κ3) is 4.82. The van der Waals surface area contributed by atoms with Gasteiger partial charge in [0, 0.05) is 18.5 Å². The molecule has 4 N–H and O–H groups in total. The molecule has 1 heterocycles. The predicted octanol–water partition coefficient (Wildman–Crippen LogP) is 1.71. The van der Waals surface area contributed by atoms with Crippen molar-refractivity contribution in [1.29, 1.82) is 0 Å². The van der Waals surface area contributed by atoms with Gasteiger partial charge in [0.25, 0.3) is 0 Å². The molecule has 120 valence electrons. The van der Waals surface area contributed by atoms with Gasteiger partial charge in [-0.3, -0.25) is 0 Å². The van der Waals surface area contributed by atoms with Gasteiger partial charge in [-0.1, -0.05) is 13.8 Å². The predicted molar refractivity (Wildman–Crippen MR) is 85.7 cm³/mol. The van der Waals surface area contributed by atoms with Crippen molar-refractivity contribution in [3.8, 4) is 0 Å². The maximum Gasteiger partial charge on any atom is 0.135 e. The third-order valence-corrected chi connectivity index (χ3v) is 3.33. The second-order valence-corrected chi connectivity index (χ2v) is 5.64. The van der Waals surface area contributed by atoms with Gasteiger partial charge in [0.2, 0.25) is 0 Å². The van der Waals surface area contributed by atoms with Crippen LogP contribution in [0.3, 0.4) is 0 Å². The van der Waals surface area contributed by atoms with E-state index in [0.29, 0.717) is 5.82 Å². The Kier molecular flexibility index (Phi) is 6.84. The molecule has 1 aromatic heterocycles. The number of hydrogen-bond acceptors (Lipinski definition) is 6. The van der Waals surface area contributed by atoms with Crippen molar-refractivity contribution in [2.24, 2.45) is 0 Å². The van der Waals surface area contributed by atoms with Gasteiger partial charge in [0.15, 0.2) is 0 Å². The fraction of sp³-hybridized carbons (Fsp3) is 0.733. The number of aliphatic hydroxyl groups excluding tert-OH is 2. The van der Waals surface area contributed by atoms with Gasteiger partial charge in [-0.25, -0.2) is 9.97 Å². The Labute approximate surface area is 127 Å². The van der Waals surface area contributed by atoms with Crippen LogP contribution in [-0.2, 0) is 6.42 Å². The smallest absolute Gasteiger partial charge is 0.135 e. The average molecular weight is 296 g/mol. The summed E-state index contributed by atoms with van der Waals surface area (Å²) in [6.07, 6.45) is 2.78. The normalized spacial score (nSPS) is 11.5. The zero-order valence-electron chi connectivity index (χ0n) is 13.5. The molecule has 0 bridgehead atoms. The zero-order valence-corrected chi connectivity index (χ0v) is 13.5. The summed E-state index contributed by atoms with van der Waals surface area (Å²) in [5, 5.41) is 25.3. The highest BCUT2D eigenvalue weighted by atomic mass is 16.3. The van der Waals surface area contributed by atoms with Crippen LogP contribution in [0.4, 0.5) is 11.6 Å². The van der Waals surface area contributed by atoms with Crippen molar-refractivity contribution in [3.63, 3.8) is 0 Å². The summed E-state index contributed by atoms with van der Waals surface area (Å²) in [4.78, 5) is 9.08. The van der Waals surface area contributed by atoms with Crippen LogP contribution in [0.5, 0.6) is 0 Å².